The second kappa shape index (κ2) is 50.0. The molecule has 0 heterocycles. The highest BCUT2D eigenvalue weighted by Crippen LogP contribution is 2.19. The lowest BCUT2D eigenvalue weighted by Crippen LogP contribution is -2.30. The zero-order valence-electron chi connectivity index (χ0n) is 48.0. The van der Waals surface area contributed by atoms with Crippen molar-refractivity contribution in [3.05, 3.63) is 36.5 Å². The molecule has 0 aromatic carbocycles. The van der Waals surface area contributed by atoms with E-state index in [-0.39, 0.29) is 32.5 Å². The normalized spacial score (nSPS) is 14.1. The molecule has 0 radical (unpaired) electrons. The van der Waals surface area contributed by atoms with Crippen LogP contribution in [0.25, 0.3) is 0 Å². The van der Waals surface area contributed by atoms with Crippen LogP contribution < -0.4 is 0 Å². The number of allylic oxidation sites excluding steroid dienone is 3. The van der Waals surface area contributed by atoms with E-state index in [1.54, 1.807) is 0 Å². The van der Waals surface area contributed by atoms with Crippen molar-refractivity contribution in [2.45, 2.75) is 296 Å². The van der Waals surface area contributed by atoms with E-state index in [0.717, 1.165) is 173 Å². The molecule has 3 atom stereocenters. The van der Waals surface area contributed by atoms with Gasteiger partial charge in [0.1, 0.15) is 13.2 Å². The van der Waals surface area contributed by atoms with E-state index in [0.29, 0.717) is 57.8 Å². The molecule has 3 unspecified atom stereocenters. The van der Waals surface area contributed by atoms with Gasteiger partial charge in [0.05, 0.1) is 18.3 Å². The topological polar surface area (TPSA) is 270 Å². The van der Waals surface area contributed by atoms with Crippen molar-refractivity contribution in [3.63, 3.8) is 0 Å². The van der Waals surface area contributed by atoms with Crippen LogP contribution in [-0.2, 0) is 72.3 Å². The first-order chi connectivity index (χ1) is 37.3. The summed E-state index contributed by atoms with van der Waals surface area (Å²) in [6.07, 6.45) is 39.1. The quantitative estimate of drug-likeness (QED) is 0.0168. The van der Waals surface area contributed by atoms with E-state index in [1.807, 2.05) is 36.5 Å². The predicted octanol–water partition coefficient (Wildman–Crippen LogP) is 14.5. The van der Waals surface area contributed by atoms with Gasteiger partial charge >= 0.3 is 49.1 Å². The van der Waals surface area contributed by atoms with E-state index < -0.39 is 73.5 Å². The molecule has 0 spiro atoms. The zero-order chi connectivity index (χ0) is 58.0. The summed E-state index contributed by atoms with van der Waals surface area (Å²) < 4.78 is 126. The molecule has 0 bridgehead atoms. The summed E-state index contributed by atoms with van der Waals surface area (Å²) in [4.78, 5) is 38.4. The molecule has 0 amide bonds. The van der Waals surface area contributed by atoms with Crippen LogP contribution in [0, 0.1) is 0 Å². The molecular weight excluding hydrogens is 1070 g/mol. The number of unbranched alkanes of at least 4 members (excludes halogenated alkanes) is 24. The Morgan fingerprint density at radius 1 is 0.346 bits per heavy atom. The third kappa shape index (κ3) is 55.2. The van der Waals surface area contributed by atoms with Crippen molar-refractivity contribution in [1.82, 2.24) is 0 Å². The van der Waals surface area contributed by atoms with Crippen molar-refractivity contribution in [2.24, 2.45) is 0 Å². The summed E-state index contributed by atoms with van der Waals surface area (Å²) in [5.74, 6) is -1.35. The zero-order valence-corrected chi connectivity index (χ0v) is 50.4. The number of carbonyl (C=O) groups excluding carboxylic acids is 3. The summed E-state index contributed by atoms with van der Waals surface area (Å²) in [7, 11) is -13.6. The molecule has 0 aliphatic rings. The summed E-state index contributed by atoms with van der Waals surface area (Å²) in [5.41, 5.74) is 0. The van der Waals surface area contributed by atoms with Gasteiger partial charge < -0.3 is 14.2 Å². The molecule has 0 aromatic heterocycles. The fourth-order valence-corrected chi connectivity index (χ4v) is 10.2. The number of hydrogen-bond donors (Lipinski definition) is 3. The minimum Gasteiger partial charge on any atom is -0.462 e. The van der Waals surface area contributed by atoms with Crippen LogP contribution in [0.5, 0.6) is 0 Å². The minimum atomic E-state index is -4.52. The molecule has 0 aromatic rings. The molecule has 458 valence electrons. The van der Waals surface area contributed by atoms with Crippen molar-refractivity contribution in [2.75, 3.05) is 13.2 Å². The highest BCUT2D eigenvalue weighted by Gasteiger charge is 2.21. The summed E-state index contributed by atoms with van der Waals surface area (Å²) in [6, 6.07) is 0. The largest absolute Gasteiger partial charge is 0.462 e. The number of hydrogen-bond acceptors (Lipinski definition) is 15. The van der Waals surface area contributed by atoms with Gasteiger partial charge in [-0.3, -0.25) is 28.0 Å². The maximum atomic E-state index is 12.9. The van der Waals surface area contributed by atoms with E-state index >= 15 is 0 Å². The number of carbonyl (C=O) groups is 3. The molecule has 21 heteroatoms. The van der Waals surface area contributed by atoms with Crippen LogP contribution in [0.2, 0.25) is 0 Å². The third-order valence-corrected chi connectivity index (χ3v) is 14.6. The van der Waals surface area contributed by atoms with Crippen LogP contribution in [0.1, 0.15) is 271 Å². The van der Waals surface area contributed by atoms with Gasteiger partial charge in [-0.2, -0.15) is 25.3 Å². The Morgan fingerprint density at radius 2 is 0.615 bits per heavy atom. The first-order valence-electron chi connectivity index (χ1n) is 29.7. The maximum absolute atomic E-state index is 12.9. The first kappa shape index (κ1) is 75.2. The van der Waals surface area contributed by atoms with Crippen molar-refractivity contribution < 1.29 is 80.1 Å². The van der Waals surface area contributed by atoms with Gasteiger partial charge in [-0.15, -0.1) is 0 Å². The van der Waals surface area contributed by atoms with E-state index in [2.05, 4.69) is 20.8 Å². The monoisotopic (exact) mass is 1170 g/mol. The smallest absolute Gasteiger partial charge is 0.397 e. The molecule has 18 nitrogen and oxygen atoms in total. The van der Waals surface area contributed by atoms with Gasteiger partial charge in [-0.05, 0) is 96.3 Å². The van der Waals surface area contributed by atoms with Crippen LogP contribution in [-0.4, -0.2) is 94.4 Å². The average Bonchev–Trinajstić information content (AvgIpc) is 3.36. The van der Waals surface area contributed by atoms with Gasteiger partial charge in [-0.1, -0.05) is 192 Å². The van der Waals surface area contributed by atoms with Crippen molar-refractivity contribution >= 4 is 49.1 Å². The molecule has 0 aliphatic heterocycles. The molecule has 3 N–H and O–H groups in total. The van der Waals surface area contributed by atoms with Crippen LogP contribution in [0.3, 0.4) is 0 Å². The fourth-order valence-electron chi connectivity index (χ4n) is 8.69. The molecule has 0 aliphatic carbocycles. The standard InChI is InChI=1S/C57H104O18S3/c1-4-7-10-31-40-51(73-76(61,62)63)43-34-25-19-13-16-22-28-37-46-55(58)70-49-54(72-57(60)48-39-30-24-18-15-21-27-36-45-53(75-78(67,68)69)42-33-12-9-6-3)50-71-56(59)47-38-29-23-17-14-20-26-35-44-52(74-77(64,65)66)41-32-11-8-5-2/h25-27,34-36,51-54H,4-24,28-33,37-50H2,1-3H3,(H,61,62,63)(H,64,65,66)(H,67,68,69). The Labute approximate surface area is 472 Å². The number of rotatable bonds is 56. The molecule has 78 heavy (non-hydrogen) atoms. The highest BCUT2D eigenvalue weighted by molar-refractivity contribution is 7.81. The number of esters is 3. The second-order valence-electron chi connectivity index (χ2n) is 20.5. The van der Waals surface area contributed by atoms with E-state index in [9.17, 15) is 39.6 Å². The van der Waals surface area contributed by atoms with Gasteiger partial charge in [0.2, 0.25) is 0 Å². The molecular formula is C57H104O18S3. The Balaban J connectivity index is 4.89. The Bertz CT molecular complexity index is 1830. The van der Waals surface area contributed by atoms with E-state index in [1.165, 1.54) is 0 Å². The SMILES string of the molecule is CCCCCCC(CC=CCCCCCCCC(=O)OCC(COC(=O)CCCCCCCC=CCC(CCCCCC)OS(=O)(=O)O)OC(=O)CCCCCCCC=CCC(CCCCCC)OS(=O)(=O)O)OS(=O)(=O)O. The van der Waals surface area contributed by atoms with Gasteiger partial charge in [0.15, 0.2) is 6.10 Å². The van der Waals surface area contributed by atoms with Crippen LogP contribution in [0.4, 0.5) is 0 Å². The van der Waals surface area contributed by atoms with Gasteiger partial charge in [0, 0.05) is 19.3 Å². The summed E-state index contributed by atoms with van der Waals surface area (Å²) >= 11 is 0. The molecule has 0 saturated carbocycles. The lowest BCUT2D eigenvalue weighted by Gasteiger charge is -2.18. The lowest BCUT2D eigenvalue weighted by atomic mass is 10.1. The van der Waals surface area contributed by atoms with Crippen LogP contribution in [0.15, 0.2) is 36.5 Å². The molecule has 0 saturated heterocycles. The van der Waals surface area contributed by atoms with E-state index in [4.69, 9.17) is 40.4 Å². The third-order valence-electron chi connectivity index (χ3n) is 13.0. The molecule has 0 fully saturated rings. The Kier molecular flexibility index (Phi) is 48.2. The minimum absolute atomic E-state index is 0.154. The van der Waals surface area contributed by atoms with Crippen molar-refractivity contribution in [3.8, 4) is 0 Å². The average molecular weight is 1170 g/mol. The lowest BCUT2D eigenvalue weighted by molar-refractivity contribution is -0.167. The van der Waals surface area contributed by atoms with Gasteiger partial charge in [-0.25, -0.2) is 12.5 Å². The van der Waals surface area contributed by atoms with Gasteiger partial charge in [0.25, 0.3) is 0 Å². The maximum Gasteiger partial charge on any atom is 0.397 e. The molecule has 0 rings (SSSR count). The Hall–Kier alpha value is -2.76. The fraction of sp³-hybridized carbons (Fsp3) is 0.842. The van der Waals surface area contributed by atoms with Crippen molar-refractivity contribution in [1.29, 1.82) is 0 Å². The van der Waals surface area contributed by atoms with Crippen LogP contribution >= 0.6 is 0 Å². The second-order valence-corrected chi connectivity index (χ2v) is 23.6. The highest BCUT2D eigenvalue weighted by atomic mass is 32.3. The Morgan fingerprint density at radius 3 is 0.910 bits per heavy atom. The number of ether oxygens (including phenoxy) is 3. The predicted molar refractivity (Wildman–Crippen MR) is 306 cm³/mol. The summed E-state index contributed by atoms with van der Waals surface area (Å²) in [6.45, 7) is 5.81. The summed E-state index contributed by atoms with van der Waals surface area (Å²) in [5, 5.41) is 0. The first-order valence-corrected chi connectivity index (χ1v) is 33.8.